The van der Waals surface area contributed by atoms with Crippen LogP contribution in [0.25, 0.3) is 16.8 Å². The van der Waals surface area contributed by atoms with E-state index < -0.39 is 0 Å². The Labute approximate surface area is 153 Å². The van der Waals surface area contributed by atoms with E-state index in [1.807, 2.05) is 34.5 Å². The summed E-state index contributed by atoms with van der Waals surface area (Å²) in [5, 5.41) is 4.76. The lowest BCUT2D eigenvalue weighted by Gasteiger charge is -2.19. The first-order chi connectivity index (χ1) is 12.6. The fraction of sp³-hybridized carbons (Fsp3) is 0.381. The van der Waals surface area contributed by atoms with E-state index in [4.69, 9.17) is 5.10 Å². The molecule has 0 bridgehead atoms. The molecule has 26 heavy (non-hydrogen) atoms. The van der Waals surface area contributed by atoms with E-state index in [2.05, 4.69) is 31.0 Å². The molecule has 3 heterocycles. The third-order valence-corrected chi connectivity index (χ3v) is 5.09. The van der Waals surface area contributed by atoms with Crippen LogP contribution in [0.15, 0.2) is 36.5 Å². The van der Waals surface area contributed by atoms with E-state index in [-0.39, 0.29) is 11.8 Å². The predicted molar refractivity (Wildman–Crippen MR) is 102 cm³/mol. The van der Waals surface area contributed by atoms with Crippen molar-refractivity contribution in [2.75, 3.05) is 13.1 Å². The molecule has 5 heteroatoms. The first-order valence-corrected chi connectivity index (χ1v) is 9.31. The maximum absolute atomic E-state index is 13.0. The van der Waals surface area contributed by atoms with Crippen molar-refractivity contribution in [1.29, 1.82) is 0 Å². The molecule has 1 aliphatic heterocycles. The second-order valence-corrected chi connectivity index (χ2v) is 7.27. The fourth-order valence-corrected chi connectivity index (χ4v) is 3.86. The minimum absolute atomic E-state index is 0.0787. The maximum atomic E-state index is 13.0. The largest absolute Gasteiger partial charge is 0.339 e. The van der Waals surface area contributed by atoms with Crippen LogP contribution in [0.3, 0.4) is 0 Å². The molecule has 3 aromatic rings. The zero-order valence-corrected chi connectivity index (χ0v) is 15.6. The van der Waals surface area contributed by atoms with Gasteiger partial charge in [-0.15, -0.1) is 0 Å². The smallest absolute Gasteiger partial charge is 0.257 e. The molecule has 0 radical (unpaired) electrons. The number of nitrogens with zero attached hydrogens (tertiary/aromatic N) is 4. The number of aromatic nitrogens is 3. The van der Waals surface area contributed by atoms with Crippen LogP contribution < -0.4 is 0 Å². The second-order valence-electron chi connectivity index (χ2n) is 7.27. The summed E-state index contributed by atoms with van der Waals surface area (Å²) >= 11 is 0. The average molecular weight is 348 g/mol. The van der Waals surface area contributed by atoms with Gasteiger partial charge in [0.2, 0.25) is 0 Å². The standard InChI is InChI=1S/C21H24N4O/c1-14(2)19-17(21(26)24-11-7-8-12-24)13-22-20-18(15(3)23-25(19)20)16-9-5-4-6-10-16/h4-6,9-10,13-14H,7-8,11-12H2,1-3H3. The number of rotatable bonds is 3. The zero-order chi connectivity index (χ0) is 18.3. The molecule has 0 saturated carbocycles. The lowest BCUT2D eigenvalue weighted by molar-refractivity contribution is 0.0790. The summed E-state index contributed by atoms with van der Waals surface area (Å²) in [6.45, 7) is 7.89. The van der Waals surface area contributed by atoms with Gasteiger partial charge < -0.3 is 4.90 Å². The summed E-state index contributed by atoms with van der Waals surface area (Å²) in [6, 6.07) is 10.2. The first kappa shape index (κ1) is 16.8. The number of hydrogen-bond donors (Lipinski definition) is 0. The number of benzene rings is 1. The molecule has 1 saturated heterocycles. The molecule has 0 spiro atoms. The van der Waals surface area contributed by atoms with E-state index in [0.29, 0.717) is 5.56 Å². The predicted octanol–water partition coefficient (Wildman–Crippen LogP) is 4.06. The van der Waals surface area contributed by atoms with E-state index in [1.165, 1.54) is 0 Å². The number of likely N-dealkylation sites (tertiary alicyclic amines) is 1. The van der Waals surface area contributed by atoms with Crippen molar-refractivity contribution in [3.8, 4) is 11.1 Å². The van der Waals surface area contributed by atoms with E-state index in [1.54, 1.807) is 6.20 Å². The van der Waals surface area contributed by atoms with Crippen LogP contribution in [0, 0.1) is 6.92 Å². The molecule has 1 aliphatic rings. The molecular formula is C21H24N4O. The number of fused-ring (bicyclic) bond motifs is 1. The molecule has 1 amide bonds. The van der Waals surface area contributed by atoms with Crippen LogP contribution in [-0.2, 0) is 0 Å². The molecule has 0 atom stereocenters. The molecule has 1 aromatic carbocycles. The van der Waals surface area contributed by atoms with Gasteiger partial charge in [-0.2, -0.15) is 5.10 Å². The molecule has 4 rings (SSSR count). The average Bonchev–Trinajstić information content (AvgIpc) is 3.27. The number of hydrogen-bond acceptors (Lipinski definition) is 3. The fourth-order valence-electron chi connectivity index (χ4n) is 3.86. The number of aryl methyl sites for hydroxylation is 1. The van der Waals surface area contributed by atoms with Crippen LogP contribution in [0.1, 0.15) is 54.4 Å². The second kappa shape index (κ2) is 6.56. The summed E-state index contributed by atoms with van der Waals surface area (Å²) < 4.78 is 1.88. The van der Waals surface area contributed by atoms with Crippen molar-refractivity contribution in [3.05, 3.63) is 53.5 Å². The van der Waals surface area contributed by atoms with Gasteiger partial charge in [-0.05, 0) is 31.2 Å². The summed E-state index contributed by atoms with van der Waals surface area (Å²) in [6.07, 6.45) is 3.91. The SMILES string of the molecule is Cc1nn2c(C(C)C)c(C(=O)N3CCCC3)cnc2c1-c1ccccc1. The Morgan fingerprint density at radius 2 is 1.81 bits per heavy atom. The Morgan fingerprint density at radius 3 is 2.46 bits per heavy atom. The van der Waals surface area contributed by atoms with Gasteiger partial charge in [-0.1, -0.05) is 44.2 Å². The van der Waals surface area contributed by atoms with Gasteiger partial charge in [-0.3, -0.25) is 4.79 Å². The highest BCUT2D eigenvalue weighted by Gasteiger charge is 2.26. The summed E-state index contributed by atoms with van der Waals surface area (Å²) in [5.41, 5.74) is 5.49. The maximum Gasteiger partial charge on any atom is 0.257 e. The summed E-state index contributed by atoms with van der Waals surface area (Å²) in [7, 11) is 0. The molecule has 0 unspecified atom stereocenters. The Morgan fingerprint density at radius 1 is 1.12 bits per heavy atom. The molecule has 1 fully saturated rings. The van der Waals surface area contributed by atoms with Crippen molar-refractivity contribution >= 4 is 11.6 Å². The number of carbonyl (C=O) groups is 1. The normalized spacial score (nSPS) is 14.5. The highest BCUT2D eigenvalue weighted by atomic mass is 16.2. The van der Waals surface area contributed by atoms with E-state index >= 15 is 0 Å². The van der Waals surface area contributed by atoms with Gasteiger partial charge in [0.15, 0.2) is 5.65 Å². The van der Waals surface area contributed by atoms with Crippen molar-refractivity contribution in [1.82, 2.24) is 19.5 Å². The zero-order valence-electron chi connectivity index (χ0n) is 15.6. The number of carbonyl (C=O) groups excluding carboxylic acids is 1. The van der Waals surface area contributed by atoms with Gasteiger partial charge in [0.25, 0.3) is 5.91 Å². The van der Waals surface area contributed by atoms with Crippen LogP contribution in [0.4, 0.5) is 0 Å². The van der Waals surface area contributed by atoms with Gasteiger partial charge in [0, 0.05) is 24.8 Å². The molecular weight excluding hydrogens is 324 g/mol. The topological polar surface area (TPSA) is 50.5 Å². The third-order valence-electron chi connectivity index (χ3n) is 5.09. The lowest BCUT2D eigenvalue weighted by atomic mass is 10.0. The summed E-state index contributed by atoms with van der Waals surface area (Å²) in [4.78, 5) is 19.6. The molecule has 134 valence electrons. The van der Waals surface area contributed by atoms with Crippen LogP contribution in [0.5, 0.6) is 0 Å². The van der Waals surface area contributed by atoms with Crippen molar-refractivity contribution in [2.24, 2.45) is 0 Å². The van der Waals surface area contributed by atoms with Gasteiger partial charge >= 0.3 is 0 Å². The Hall–Kier alpha value is -2.69. The van der Waals surface area contributed by atoms with Crippen LogP contribution in [-0.4, -0.2) is 38.5 Å². The first-order valence-electron chi connectivity index (χ1n) is 9.31. The summed E-state index contributed by atoms with van der Waals surface area (Å²) in [5.74, 6) is 0.250. The van der Waals surface area contributed by atoms with Gasteiger partial charge in [0.05, 0.1) is 17.0 Å². The quantitative estimate of drug-likeness (QED) is 0.717. The minimum atomic E-state index is 0.0787. The Balaban J connectivity index is 1.92. The number of amides is 1. The van der Waals surface area contributed by atoms with Crippen LogP contribution >= 0.6 is 0 Å². The van der Waals surface area contributed by atoms with E-state index in [0.717, 1.165) is 54.1 Å². The Kier molecular flexibility index (Phi) is 4.23. The van der Waals surface area contributed by atoms with Crippen molar-refractivity contribution < 1.29 is 4.79 Å². The third kappa shape index (κ3) is 2.68. The van der Waals surface area contributed by atoms with Crippen molar-refractivity contribution in [2.45, 2.75) is 39.5 Å². The monoisotopic (exact) mass is 348 g/mol. The van der Waals surface area contributed by atoms with E-state index in [9.17, 15) is 4.79 Å². The van der Waals surface area contributed by atoms with Crippen molar-refractivity contribution in [3.63, 3.8) is 0 Å². The minimum Gasteiger partial charge on any atom is -0.339 e. The lowest BCUT2D eigenvalue weighted by Crippen LogP contribution is -2.29. The van der Waals surface area contributed by atoms with Crippen LogP contribution in [0.2, 0.25) is 0 Å². The molecule has 0 aliphatic carbocycles. The molecule has 0 N–H and O–H groups in total. The highest BCUT2D eigenvalue weighted by molar-refractivity contribution is 5.96. The molecule has 2 aromatic heterocycles. The highest BCUT2D eigenvalue weighted by Crippen LogP contribution is 2.30. The molecule has 5 nitrogen and oxygen atoms in total. The van der Waals surface area contributed by atoms with Gasteiger partial charge in [-0.25, -0.2) is 9.50 Å². The Bertz CT molecular complexity index is 953. The van der Waals surface area contributed by atoms with Gasteiger partial charge in [0.1, 0.15) is 0 Å².